The number of hydrogen-bond donors (Lipinski definition) is 2. The summed E-state index contributed by atoms with van der Waals surface area (Å²) >= 11 is 5.18. The van der Waals surface area contributed by atoms with Crippen molar-refractivity contribution >= 4 is 23.0 Å². The van der Waals surface area contributed by atoms with Gasteiger partial charge in [-0.25, -0.2) is 4.39 Å². The van der Waals surface area contributed by atoms with Gasteiger partial charge in [0.1, 0.15) is 11.6 Å². The second-order valence-electron chi connectivity index (χ2n) is 4.30. The Kier molecular flexibility index (Phi) is 4.16. The number of anilines is 1. The highest BCUT2D eigenvalue weighted by Crippen LogP contribution is 2.15. The van der Waals surface area contributed by atoms with Crippen molar-refractivity contribution in [1.82, 2.24) is 5.32 Å². The van der Waals surface area contributed by atoms with Gasteiger partial charge in [0.15, 0.2) is 5.11 Å². The highest BCUT2D eigenvalue weighted by Gasteiger charge is 2.09. The third-order valence-corrected chi connectivity index (χ3v) is 2.97. The van der Waals surface area contributed by atoms with Crippen LogP contribution in [0.15, 0.2) is 41.0 Å². The average Bonchev–Trinajstić information content (AvgIpc) is 2.87. The Morgan fingerprint density at radius 1 is 1.37 bits per heavy atom. The van der Waals surface area contributed by atoms with E-state index in [1.807, 2.05) is 19.1 Å². The van der Waals surface area contributed by atoms with Gasteiger partial charge in [0.25, 0.3) is 0 Å². The molecule has 1 aromatic carbocycles. The Labute approximate surface area is 116 Å². The van der Waals surface area contributed by atoms with Crippen LogP contribution < -0.4 is 10.6 Å². The molecule has 2 aromatic rings. The molecule has 0 saturated heterocycles. The van der Waals surface area contributed by atoms with E-state index in [0.717, 1.165) is 5.76 Å². The lowest BCUT2D eigenvalue weighted by Crippen LogP contribution is -2.30. The van der Waals surface area contributed by atoms with E-state index in [-0.39, 0.29) is 11.9 Å². The highest BCUT2D eigenvalue weighted by molar-refractivity contribution is 7.80. The summed E-state index contributed by atoms with van der Waals surface area (Å²) in [6.07, 6.45) is 1.61. The van der Waals surface area contributed by atoms with Gasteiger partial charge < -0.3 is 15.1 Å². The summed E-state index contributed by atoms with van der Waals surface area (Å²) in [4.78, 5) is 0. The van der Waals surface area contributed by atoms with E-state index in [4.69, 9.17) is 16.6 Å². The van der Waals surface area contributed by atoms with E-state index in [2.05, 4.69) is 10.6 Å². The summed E-state index contributed by atoms with van der Waals surface area (Å²) in [5.74, 6) is 0.533. The zero-order valence-electron chi connectivity index (χ0n) is 10.7. The minimum Gasteiger partial charge on any atom is -0.467 e. The molecule has 1 aromatic heterocycles. The molecule has 1 heterocycles. The smallest absolute Gasteiger partial charge is 0.171 e. The molecule has 19 heavy (non-hydrogen) atoms. The fraction of sp³-hybridized carbons (Fsp3) is 0.214. The number of hydrogen-bond acceptors (Lipinski definition) is 2. The molecule has 0 aliphatic heterocycles. The summed E-state index contributed by atoms with van der Waals surface area (Å²) in [6, 6.07) is 8.54. The minimum atomic E-state index is -0.258. The molecule has 2 rings (SSSR count). The Morgan fingerprint density at radius 2 is 2.16 bits per heavy atom. The van der Waals surface area contributed by atoms with Crippen molar-refractivity contribution in [3.05, 3.63) is 53.7 Å². The quantitative estimate of drug-likeness (QED) is 0.838. The summed E-state index contributed by atoms with van der Waals surface area (Å²) in [7, 11) is 0. The third kappa shape index (κ3) is 3.54. The molecular formula is C14H15FN2OS. The summed E-state index contributed by atoms with van der Waals surface area (Å²) in [6.45, 7) is 3.65. The largest absolute Gasteiger partial charge is 0.467 e. The predicted molar refractivity (Wildman–Crippen MR) is 77.6 cm³/mol. The van der Waals surface area contributed by atoms with Crippen LogP contribution >= 0.6 is 12.2 Å². The normalized spacial score (nSPS) is 11.9. The van der Waals surface area contributed by atoms with Gasteiger partial charge in [-0.3, -0.25) is 0 Å². The van der Waals surface area contributed by atoms with Gasteiger partial charge in [-0.05, 0) is 55.9 Å². The van der Waals surface area contributed by atoms with E-state index < -0.39 is 0 Å². The number of thiocarbonyl (C=S) groups is 1. The van der Waals surface area contributed by atoms with E-state index >= 15 is 0 Å². The lowest BCUT2D eigenvalue weighted by molar-refractivity contribution is 0.464. The first-order chi connectivity index (χ1) is 9.06. The van der Waals surface area contributed by atoms with Crippen LogP contribution in [-0.4, -0.2) is 5.11 Å². The van der Waals surface area contributed by atoms with Crippen LogP contribution in [0.1, 0.15) is 24.3 Å². The fourth-order valence-electron chi connectivity index (χ4n) is 1.64. The van der Waals surface area contributed by atoms with Gasteiger partial charge in [0.2, 0.25) is 0 Å². The van der Waals surface area contributed by atoms with Crippen LogP contribution in [0.2, 0.25) is 0 Å². The molecule has 0 aliphatic rings. The number of aryl methyl sites for hydroxylation is 1. The molecule has 0 saturated carbocycles. The molecule has 0 unspecified atom stereocenters. The van der Waals surface area contributed by atoms with Crippen molar-refractivity contribution in [2.75, 3.05) is 5.32 Å². The van der Waals surface area contributed by atoms with Gasteiger partial charge in [-0.15, -0.1) is 0 Å². The van der Waals surface area contributed by atoms with E-state index in [0.29, 0.717) is 16.4 Å². The summed E-state index contributed by atoms with van der Waals surface area (Å²) in [5.41, 5.74) is 1.22. The van der Waals surface area contributed by atoms with Crippen molar-refractivity contribution in [2.45, 2.75) is 19.9 Å². The first kappa shape index (κ1) is 13.5. The Morgan fingerprint density at radius 3 is 2.79 bits per heavy atom. The van der Waals surface area contributed by atoms with Crippen LogP contribution in [0.3, 0.4) is 0 Å². The molecular weight excluding hydrogens is 263 g/mol. The standard InChI is InChI=1S/C14H15FN2OS/c1-9-5-6-11(8-12(9)15)17-14(19)16-10(2)13-4-3-7-18-13/h3-8,10H,1-2H3,(H2,16,17,19)/t10-/m0/s1. The third-order valence-electron chi connectivity index (χ3n) is 2.75. The second kappa shape index (κ2) is 5.84. The van der Waals surface area contributed by atoms with Gasteiger partial charge >= 0.3 is 0 Å². The van der Waals surface area contributed by atoms with E-state index in [1.54, 1.807) is 25.3 Å². The van der Waals surface area contributed by atoms with Gasteiger partial charge in [0, 0.05) is 5.69 Å². The van der Waals surface area contributed by atoms with Gasteiger partial charge in [-0.1, -0.05) is 6.07 Å². The maximum Gasteiger partial charge on any atom is 0.171 e. The molecule has 0 fully saturated rings. The predicted octanol–water partition coefficient (Wildman–Crippen LogP) is 3.77. The van der Waals surface area contributed by atoms with Crippen molar-refractivity contribution < 1.29 is 8.81 Å². The molecule has 0 spiro atoms. The average molecular weight is 278 g/mol. The van der Waals surface area contributed by atoms with Gasteiger partial charge in [0.05, 0.1) is 12.3 Å². The zero-order chi connectivity index (χ0) is 13.8. The Balaban J connectivity index is 1.95. The molecule has 0 bridgehead atoms. The number of benzene rings is 1. The van der Waals surface area contributed by atoms with Crippen molar-refractivity contribution in [2.24, 2.45) is 0 Å². The fourth-order valence-corrected chi connectivity index (χ4v) is 1.94. The van der Waals surface area contributed by atoms with E-state index in [1.165, 1.54) is 6.07 Å². The maximum atomic E-state index is 13.4. The first-order valence-corrected chi connectivity index (χ1v) is 6.34. The maximum absolute atomic E-state index is 13.4. The van der Waals surface area contributed by atoms with Crippen LogP contribution in [-0.2, 0) is 0 Å². The molecule has 5 heteroatoms. The van der Waals surface area contributed by atoms with Crippen LogP contribution in [0, 0.1) is 12.7 Å². The number of furan rings is 1. The van der Waals surface area contributed by atoms with Crippen molar-refractivity contribution in [3.8, 4) is 0 Å². The SMILES string of the molecule is Cc1ccc(NC(=S)N[C@@H](C)c2ccco2)cc1F. The second-order valence-corrected chi connectivity index (χ2v) is 4.71. The van der Waals surface area contributed by atoms with Crippen LogP contribution in [0.25, 0.3) is 0 Å². The van der Waals surface area contributed by atoms with Crippen LogP contribution in [0.5, 0.6) is 0 Å². The minimum absolute atomic E-state index is 0.0507. The summed E-state index contributed by atoms with van der Waals surface area (Å²) < 4.78 is 18.7. The molecule has 1 atom stereocenters. The van der Waals surface area contributed by atoms with E-state index in [9.17, 15) is 4.39 Å². The molecule has 100 valence electrons. The Bertz CT molecular complexity index is 569. The van der Waals surface area contributed by atoms with Gasteiger partial charge in [-0.2, -0.15) is 0 Å². The molecule has 2 N–H and O–H groups in total. The number of nitrogens with one attached hydrogen (secondary N) is 2. The highest BCUT2D eigenvalue weighted by atomic mass is 32.1. The lowest BCUT2D eigenvalue weighted by atomic mass is 10.2. The molecule has 0 radical (unpaired) electrons. The monoisotopic (exact) mass is 278 g/mol. The lowest BCUT2D eigenvalue weighted by Gasteiger charge is -2.15. The topological polar surface area (TPSA) is 37.2 Å². The number of rotatable bonds is 3. The van der Waals surface area contributed by atoms with Crippen molar-refractivity contribution in [1.29, 1.82) is 0 Å². The zero-order valence-corrected chi connectivity index (χ0v) is 11.6. The molecule has 0 aliphatic carbocycles. The molecule has 0 amide bonds. The van der Waals surface area contributed by atoms with Crippen LogP contribution in [0.4, 0.5) is 10.1 Å². The number of halogens is 1. The van der Waals surface area contributed by atoms with Crippen molar-refractivity contribution in [3.63, 3.8) is 0 Å². The summed E-state index contributed by atoms with van der Waals surface area (Å²) in [5, 5.41) is 6.43. The first-order valence-electron chi connectivity index (χ1n) is 5.93. The molecule has 3 nitrogen and oxygen atoms in total. The Hall–Kier alpha value is -1.88.